The van der Waals surface area contributed by atoms with E-state index in [9.17, 15) is 0 Å². The van der Waals surface area contributed by atoms with Crippen molar-refractivity contribution < 1.29 is 0 Å². The van der Waals surface area contributed by atoms with E-state index in [1.165, 1.54) is 0 Å². The van der Waals surface area contributed by atoms with Gasteiger partial charge in [-0.1, -0.05) is 24.6 Å². The molecule has 0 amide bonds. The fourth-order valence-electron chi connectivity index (χ4n) is 3.15. The summed E-state index contributed by atoms with van der Waals surface area (Å²) in [4.78, 5) is 22.8. The molecule has 0 atom stereocenters. The summed E-state index contributed by atoms with van der Waals surface area (Å²) in [6.07, 6.45) is 3.30. The molecule has 3 aromatic rings. The number of aryl methyl sites for hydroxylation is 1. The highest BCUT2D eigenvalue weighted by molar-refractivity contribution is 6.31. The average Bonchev–Trinajstić information content (AvgIpc) is 2.71. The lowest BCUT2D eigenvalue weighted by Crippen LogP contribution is -2.46. The van der Waals surface area contributed by atoms with Crippen LogP contribution in [0.4, 0.5) is 17.5 Å². The molecular formula is C19H22ClN7. The van der Waals surface area contributed by atoms with E-state index in [4.69, 9.17) is 16.6 Å². The van der Waals surface area contributed by atoms with Gasteiger partial charge in [-0.15, -0.1) is 0 Å². The van der Waals surface area contributed by atoms with E-state index in [0.29, 0.717) is 28.0 Å². The summed E-state index contributed by atoms with van der Waals surface area (Å²) in [6.45, 7) is 9.05. The number of halogens is 1. The first-order chi connectivity index (χ1) is 13.1. The minimum Gasteiger partial charge on any atom is -0.338 e. The first kappa shape index (κ1) is 17.9. The van der Waals surface area contributed by atoms with E-state index in [1.54, 1.807) is 12.4 Å². The number of nitrogens with one attached hydrogen (secondary N) is 1. The second-order valence-electron chi connectivity index (χ2n) is 6.61. The second-order valence-corrected chi connectivity index (χ2v) is 7.02. The number of anilines is 3. The zero-order valence-corrected chi connectivity index (χ0v) is 16.2. The Bertz CT molecular complexity index is 954. The van der Waals surface area contributed by atoms with Crippen LogP contribution in [-0.2, 0) is 0 Å². The van der Waals surface area contributed by atoms with E-state index >= 15 is 0 Å². The van der Waals surface area contributed by atoms with Crippen molar-refractivity contribution >= 4 is 40.2 Å². The standard InChI is InChI=1S/C19H22ClN7/c1-3-26-8-10-27(11-9-26)19-24-17-16(21-6-7-22-17)18(25-19)23-14-5-4-13(2)15(20)12-14/h4-7,12H,3,8-11H2,1-2H3,(H,22,23,24,25). The number of piperazine rings is 1. The molecule has 3 heterocycles. The van der Waals surface area contributed by atoms with Crippen molar-refractivity contribution in [2.24, 2.45) is 0 Å². The Balaban J connectivity index is 1.69. The molecule has 0 bridgehead atoms. The Morgan fingerprint density at radius 2 is 1.85 bits per heavy atom. The number of rotatable bonds is 4. The molecule has 1 N–H and O–H groups in total. The number of likely N-dealkylation sites (N-methyl/N-ethyl adjacent to an activating group) is 1. The van der Waals surface area contributed by atoms with Gasteiger partial charge in [0.1, 0.15) is 0 Å². The summed E-state index contributed by atoms with van der Waals surface area (Å²) in [5.74, 6) is 1.32. The van der Waals surface area contributed by atoms with Crippen molar-refractivity contribution in [1.29, 1.82) is 0 Å². The Hall–Kier alpha value is -2.51. The normalized spacial score (nSPS) is 15.3. The maximum Gasteiger partial charge on any atom is 0.229 e. The number of aromatic nitrogens is 4. The SMILES string of the molecule is CCN1CCN(c2nc(Nc3ccc(C)c(Cl)c3)c3nccnc3n2)CC1. The second kappa shape index (κ2) is 7.62. The quantitative estimate of drug-likeness (QED) is 0.741. The van der Waals surface area contributed by atoms with Gasteiger partial charge in [0.15, 0.2) is 17.0 Å². The third-order valence-electron chi connectivity index (χ3n) is 4.86. The molecule has 0 aliphatic carbocycles. The Labute approximate surface area is 163 Å². The topological polar surface area (TPSA) is 70.1 Å². The number of benzene rings is 1. The van der Waals surface area contributed by atoms with E-state index in [-0.39, 0.29) is 0 Å². The highest BCUT2D eigenvalue weighted by Crippen LogP contribution is 2.27. The van der Waals surface area contributed by atoms with Gasteiger partial charge in [0.25, 0.3) is 0 Å². The number of hydrogen-bond donors (Lipinski definition) is 1. The molecule has 7 nitrogen and oxygen atoms in total. The fourth-order valence-corrected chi connectivity index (χ4v) is 3.33. The molecular weight excluding hydrogens is 362 g/mol. The van der Waals surface area contributed by atoms with Gasteiger partial charge in [0.05, 0.1) is 0 Å². The largest absolute Gasteiger partial charge is 0.338 e. The van der Waals surface area contributed by atoms with Crippen LogP contribution in [0, 0.1) is 6.92 Å². The van der Waals surface area contributed by atoms with E-state index < -0.39 is 0 Å². The molecule has 1 aliphatic heterocycles. The average molecular weight is 384 g/mol. The number of nitrogens with zero attached hydrogens (tertiary/aromatic N) is 6. The van der Waals surface area contributed by atoms with Crippen molar-refractivity contribution in [3.8, 4) is 0 Å². The monoisotopic (exact) mass is 383 g/mol. The van der Waals surface area contributed by atoms with Gasteiger partial charge in [-0.2, -0.15) is 9.97 Å². The van der Waals surface area contributed by atoms with Crippen LogP contribution in [-0.4, -0.2) is 57.6 Å². The van der Waals surface area contributed by atoms with Crippen molar-refractivity contribution in [2.75, 3.05) is 42.9 Å². The summed E-state index contributed by atoms with van der Waals surface area (Å²) >= 11 is 6.27. The summed E-state index contributed by atoms with van der Waals surface area (Å²) in [5, 5.41) is 4.05. The van der Waals surface area contributed by atoms with Gasteiger partial charge >= 0.3 is 0 Å². The zero-order valence-electron chi connectivity index (χ0n) is 15.5. The minimum atomic E-state index is 0.584. The maximum atomic E-state index is 6.27. The molecule has 140 valence electrons. The van der Waals surface area contributed by atoms with Gasteiger partial charge in [-0.3, -0.25) is 0 Å². The number of hydrogen-bond acceptors (Lipinski definition) is 7. The van der Waals surface area contributed by atoms with Crippen LogP contribution < -0.4 is 10.2 Å². The van der Waals surface area contributed by atoms with Gasteiger partial charge < -0.3 is 15.1 Å². The Morgan fingerprint density at radius 1 is 1.07 bits per heavy atom. The molecule has 1 fully saturated rings. The van der Waals surface area contributed by atoms with E-state index in [2.05, 4.69) is 37.0 Å². The van der Waals surface area contributed by atoms with Crippen molar-refractivity contribution in [1.82, 2.24) is 24.8 Å². The van der Waals surface area contributed by atoms with E-state index in [1.807, 2.05) is 25.1 Å². The van der Waals surface area contributed by atoms with Crippen LogP contribution in [0.2, 0.25) is 5.02 Å². The highest BCUT2D eigenvalue weighted by atomic mass is 35.5. The van der Waals surface area contributed by atoms with Crippen LogP contribution in [0.5, 0.6) is 0 Å². The first-order valence-electron chi connectivity index (χ1n) is 9.13. The molecule has 4 rings (SSSR count). The predicted octanol–water partition coefficient (Wildman–Crippen LogP) is 3.27. The molecule has 0 spiro atoms. The molecule has 1 saturated heterocycles. The highest BCUT2D eigenvalue weighted by Gasteiger charge is 2.20. The Morgan fingerprint density at radius 3 is 2.59 bits per heavy atom. The van der Waals surface area contributed by atoms with Gasteiger partial charge in [-0.05, 0) is 31.2 Å². The minimum absolute atomic E-state index is 0.584. The van der Waals surface area contributed by atoms with E-state index in [0.717, 1.165) is 44.0 Å². The molecule has 0 saturated carbocycles. The van der Waals surface area contributed by atoms with Crippen molar-refractivity contribution in [2.45, 2.75) is 13.8 Å². The van der Waals surface area contributed by atoms with Crippen LogP contribution >= 0.6 is 11.6 Å². The summed E-state index contributed by atoms with van der Waals surface area (Å²) in [7, 11) is 0. The predicted molar refractivity (Wildman–Crippen MR) is 109 cm³/mol. The lowest BCUT2D eigenvalue weighted by atomic mass is 10.2. The third kappa shape index (κ3) is 3.79. The maximum absolute atomic E-state index is 6.27. The zero-order chi connectivity index (χ0) is 18.8. The Kier molecular flexibility index (Phi) is 5.05. The summed E-state index contributed by atoms with van der Waals surface area (Å²) < 4.78 is 0. The van der Waals surface area contributed by atoms with Crippen LogP contribution in [0.15, 0.2) is 30.6 Å². The van der Waals surface area contributed by atoms with Crippen molar-refractivity contribution in [3.63, 3.8) is 0 Å². The lowest BCUT2D eigenvalue weighted by molar-refractivity contribution is 0.270. The van der Waals surface area contributed by atoms with Crippen LogP contribution in [0.25, 0.3) is 11.2 Å². The molecule has 0 unspecified atom stereocenters. The van der Waals surface area contributed by atoms with Gasteiger partial charge in [0.2, 0.25) is 5.95 Å². The van der Waals surface area contributed by atoms with Gasteiger partial charge in [-0.25, -0.2) is 9.97 Å². The lowest BCUT2D eigenvalue weighted by Gasteiger charge is -2.34. The molecule has 1 aromatic carbocycles. The van der Waals surface area contributed by atoms with Crippen LogP contribution in [0.1, 0.15) is 12.5 Å². The first-order valence-corrected chi connectivity index (χ1v) is 9.51. The molecule has 8 heteroatoms. The van der Waals surface area contributed by atoms with Crippen molar-refractivity contribution in [3.05, 3.63) is 41.2 Å². The molecule has 2 aromatic heterocycles. The molecule has 1 aliphatic rings. The van der Waals surface area contributed by atoms with Crippen LogP contribution in [0.3, 0.4) is 0 Å². The third-order valence-corrected chi connectivity index (χ3v) is 5.27. The number of fused-ring (bicyclic) bond motifs is 1. The smallest absolute Gasteiger partial charge is 0.229 e. The molecule has 27 heavy (non-hydrogen) atoms. The summed E-state index contributed by atoms with van der Waals surface area (Å²) in [5.41, 5.74) is 3.12. The fraction of sp³-hybridized carbons (Fsp3) is 0.368. The molecule has 0 radical (unpaired) electrons. The van der Waals surface area contributed by atoms with Gasteiger partial charge in [0, 0.05) is 49.3 Å². The summed E-state index contributed by atoms with van der Waals surface area (Å²) in [6, 6.07) is 5.84.